The lowest BCUT2D eigenvalue weighted by atomic mass is 9.90. The zero-order chi connectivity index (χ0) is 33.1. The number of benzene rings is 2. The summed E-state index contributed by atoms with van der Waals surface area (Å²) < 4.78 is 47.6. The number of nitrogens with one attached hydrogen (secondary N) is 1. The second-order valence-corrected chi connectivity index (χ2v) is 16.8. The van der Waals surface area contributed by atoms with Crippen LogP contribution in [-0.2, 0) is 35.4 Å². The van der Waals surface area contributed by atoms with Crippen molar-refractivity contribution in [3.63, 3.8) is 0 Å². The molecule has 2 saturated heterocycles. The molecule has 0 unspecified atom stereocenters. The lowest BCUT2D eigenvalue weighted by molar-refractivity contribution is -0.195. The molecule has 0 amide bonds. The number of sulfonamides is 1. The van der Waals surface area contributed by atoms with Gasteiger partial charge in [0.1, 0.15) is 6.10 Å². The highest BCUT2D eigenvalue weighted by Gasteiger charge is 2.41. The molecule has 0 radical (unpaired) electrons. The van der Waals surface area contributed by atoms with Gasteiger partial charge in [-0.25, -0.2) is 13.4 Å². The maximum Gasteiger partial charge on any atom is 0.306 e. The summed E-state index contributed by atoms with van der Waals surface area (Å²) in [5.41, 5.74) is 1.48. The predicted molar refractivity (Wildman–Crippen MR) is 179 cm³/mol. The molecule has 46 heavy (non-hydrogen) atoms. The molecule has 10 nitrogen and oxygen atoms in total. The number of carbonyl (C=O) groups is 1. The summed E-state index contributed by atoms with van der Waals surface area (Å²) in [4.78, 5) is 18.1. The summed E-state index contributed by atoms with van der Waals surface area (Å²) in [6.07, 6.45) is -0.0559. The molecule has 2 aliphatic rings. The Bertz CT molecular complexity index is 1570. The average molecular weight is 674 g/mol. The van der Waals surface area contributed by atoms with Crippen LogP contribution in [0.15, 0.2) is 53.4 Å². The number of carbonyl (C=O) groups excluding carboxylic acids is 1. The molecule has 5 atom stereocenters. The normalized spacial score (nSPS) is 21.8. The molecule has 3 aromatic rings. The maximum atomic E-state index is 14.1. The largest absolute Gasteiger partial charge is 0.462 e. The van der Waals surface area contributed by atoms with Crippen LogP contribution in [0.2, 0.25) is 0 Å². The Morgan fingerprint density at radius 3 is 2.52 bits per heavy atom. The molecular formula is C34H47N3O7S2. The van der Waals surface area contributed by atoms with E-state index < -0.39 is 28.0 Å². The van der Waals surface area contributed by atoms with E-state index in [0.717, 1.165) is 21.8 Å². The number of esters is 1. The number of aliphatic hydroxyl groups is 1. The number of thiazole rings is 1. The second-order valence-electron chi connectivity index (χ2n) is 13.8. The highest BCUT2D eigenvalue weighted by atomic mass is 32.2. The van der Waals surface area contributed by atoms with Crippen molar-refractivity contribution in [1.29, 1.82) is 0 Å². The molecule has 5 rings (SSSR count). The van der Waals surface area contributed by atoms with E-state index in [1.807, 2.05) is 65.0 Å². The second kappa shape index (κ2) is 14.7. The van der Waals surface area contributed by atoms with Gasteiger partial charge in [-0.1, -0.05) is 55.5 Å². The first-order chi connectivity index (χ1) is 21.8. The summed E-state index contributed by atoms with van der Waals surface area (Å²) in [5.74, 6) is -0.973. The van der Waals surface area contributed by atoms with Gasteiger partial charge in [0.25, 0.3) is 0 Å². The van der Waals surface area contributed by atoms with Crippen molar-refractivity contribution in [3.05, 3.63) is 54.1 Å². The third-order valence-corrected chi connectivity index (χ3v) is 11.0. The number of hydrogen-bond donors (Lipinski definition) is 2. The zero-order valence-corrected chi connectivity index (χ0v) is 29.0. The molecule has 1 aromatic heterocycles. The van der Waals surface area contributed by atoms with Gasteiger partial charge in [0.15, 0.2) is 11.4 Å². The van der Waals surface area contributed by atoms with E-state index in [0.29, 0.717) is 31.6 Å². The van der Waals surface area contributed by atoms with Crippen molar-refractivity contribution in [2.45, 2.75) is 89.2 Å². The van der Waals surface area contributed by atoms with Gasteiger partial charge in [-0.3, -0.25) is 4.79 Å². The minimum Gasteiger partial charge on any atom is -0.462 e. The summed E-state index contributed by atoms with van der Waals surface area (Å²) in [7, 11) is -3.99. The van der Waals surface area contributed by atoms with E-state index in [1.54, 1.807) is 18.2 Å². The Morgan fingerprint density at radius 1 is 1.11 bits per heavy atom. The topological polar surface area (TPSA) is 127 Å². The van der Waals surface area contributed by atoms with E-state index >= 15 is 0 Å². The van der Waals surface area contributed by atoms with Crippen molar-refractivity contribution in [3.8, 4) is 0 Å². The van der Waals surface area contributed by atoms with E-state index in [-0.39, 0.29) is 54.2 Å². The van der Waals surface area contributed by atoms with Gasteiger partial charge in [-0.15, -0.1) is 0 Å². The summed E-state index contributed by atoms with van der Waals surface area (Å²) in [6.45, 7) is 11.1. The van der Waals surface area contributed by atoms with Crippen molar-refractivity contribution in [1.82, 2.24) is 9.29 Å². The highest BCUT2D eigenvalue weighted by molar-refractivity contribution is 7.89. The average Bonchev–Trinajstić information content (AvgIpc) is 3.62. The van der Waals surface area contributed by atoms with Crippen LogP contribution >= 0.6 is 11.3 Å². The van der Waals surface area contributed by atoms with E-state index in [1.165, 1.54) is 15.6 Å². The number of rotatable bonds is 13. The van der Waals surface area contributed by atoms with E-state index in [4.69, 9.17) is 14.2 Å². The van der Waals surface area contributed by atoms with Crippen LogP contribution in [0, 0.1) is 17.8 Å². The van der Waals surface area contributed by atoms with Gasteiger partial charge >= 0.3 is 5.97 Å². The summed E-state index contributed by atoms with van der Waals surface area (Å²) >= 11 is 1.41. The predicted octanol–water partition coefficient (Wildman–Crippen LogP) is 5.46. The van der Waals surface area contributed by atoms with Gasteiger partial charge in [0, 0.05) is 36.9 Å². The molecule has 2 aliphatic heterocycles. The smallest absolute Gasteiger partial charge is 0.306 e. The Hall–Kier alpha value is -2.61. The number of nitrogens with zero attached hydrogens (tertiary/aromatic N) is 2. The standard InChI is InChI=1S/C34H47N3O7S2/c1-22(2)20-37(46(40,41)25-11-12-27-30(19-25)45-33(35-27)36-34(3,4)5)21-28(38)24(17-23-9-7-6-8-10-23)18-31(39)44-29-14-16-43-32-26(29)13-15-42-32/h6-12,19,22,24,26,28-29,32,38H,13-18,20-21H2,1-5H3,(H,35,36)/t24-,26+,28-,29+,32-/m1/s1. The molecule has 2 fully saturated rings. The fourth-order valence-electron chi connectivity index (χ4n) is 6.09. The molecule has 252 valence electrons. The number of fused-ring (bicyclic) bond motifs is 2. The van der Waals surface area contributed by atoms with Crippen LogP contribution in [0.5, 0.6) is 0 Å². The summed E-state index contributed by atoms with van der Waals surface area (Å²) in [5, 5.41) is 15.8. The van der Waals surface area contributed by atoms with E-state index in [9.17, 15) is 18.3 Å². The quantitative estimate of drug-likeness (QED) is 0.228. The van der Waals surface area contributed by atoms with Crippen molar-refractivity contribution in [2.24, 2.45) is 17.8 Å². The first kappa shape index (κ1) is 34.7. The van der Waals surface area contributed by atoms with Crippen LogP contribution in [0.25, 0.3) is 10.2 Å². The Kier molecular flexibility index (Phi) is 11.1. The minimum atomic E-state index is -3.99. The first-order valence-electron chi connectivity index (χ1n) is 16.1. The first-order valence-corrected chi connectivity index (χ1v) is 18.4. The van der Waals surface area contributed by atoms with Crippen molar-refractivity contribution >= 4 is 42.7 Å². The summed E-state index contributed by atoms with van der Waals surface area (Å²) in [6, 6.07) is 14.6. The number of aliphatic hydroxyl groups excluding tert-OH is 1. The molecule has 0 bridgehead atoms. The molecule has 3 heterocycles. The Morgan fingerprint density at radius 2 is 1.83 bits per heavy atom. The molecule has 0 spiro atoms. The Balaban J connectivity index is 1.35. The molecular weight excluding hydrogens is 627 g/mol. The van der Waals surface area contributed by atoms with Gasteiger partial charge in [0.2, 0.25) is 10.0 Å². The van der Waals surface area contributed by atoms with Gasteiger partial charge in [-0.2, -0.15) is 4.31 Å². The van der Waals surface area contributed by atoms with E-state index in [2.05, 4.69) is 10.3 Å². The van der Waals surface area contributed by atoms with Gasteiger partial charge in [-0.05, 0) is 63.3 Å². The number of ether oxygens (including phenoxy) is 3. The minimum absolute atomic E-state index is 0.00178. The highest BCUT2D eigenvalue weighted by Crippen LogP contribution is 2.34. The van der Waals surface area contributed by atoms with Crippen LogP contribution in [0.4, 0.5) is 5.13 Å². The maximum absolute atomic E-state index is 14.1. The molecule has 2 aromatic carbocycles. The number of aromatic nitrogens is 1. The third kappa shape index (κ3) is 8.84. The Labute approximate surface area is 276 Å². The van der Waals surface area contributed by atoms with Gasteiger partial charge in [0.05, 0.1) is 40.9 Å². The number of anilines is 1. The monoisotopic (exact) mass is 673 g/mol. The fourth-order valence-corrected chi connectivity index (χ4v) is 8.93. The third-order valence-electron chi connectivity index (χ3n) is 8.28. The zero-order valence-electron chi connectivity index (χ0n) is 27.3. The molecule has 2 N–H and O–H groups in total. The molecule has 0 saturated carbocycles. The SMILES string of the molecule is CC(C)CN(C[C@@H](O)[C@@H](CC(=O)O[C@H]1CCO[C@H]2OCC[C@H]21)Cc1ccccc1)S(=O)(=O)c1ccc2nc(NC(C)(C)C)sc2c1. The van der Waals surface area contributed by atoms with Gasteiger partial charge < -0.3 is 24.6 Å². The van der Waals surface area contributed by atoms with Crippen molar-refractivity contribution < 1.29 is 32.5 Å². The molecule has 0 aliphatic carbocycles. The van der Waals surface area contributed by atoms with Crippen LogP contribution in [-0.4, -0.2) is 79.1 Å². The fraction of sp³-hybridized carbons (Fsp3) is 0.588. The number of hydrogen-bond acceptors (Lipinski definition) is 10. The van der Waals surface area contributed by atoms with Crippen molar-refractivity contribution in [2.75, 3.05) is 31.6 Å². The molecule has 12 heteroatoms. The lowest BCUT2D eigenvalue weighted by Crippen LogP contribution is -2.43. The van der Waals surface area contributed by atoms with Crippen LogP contribution < -0.4 is 5.32 Å². The van der Waals surface area contributed by atoms with Crippen LogP contribution in [0.3, 0.4) is 0 Å². The van der Waals surface area contributed by atoms with Crippen LogP contribution in [0.1, 0.15) is 59.4 Å². The lowest BCUT2D eigenvalue weighted by Gasteiger charge is -2.33.